The third kappa shape index (κ3) is 10.0. The van der Waals surface area contributed by atoms with Gasteiger partial charge in [-0.3, -0.25) is 4.98 Å². The lowest BCUT2D eigenvalue weighted by molar-refractivity contribution is -0.0149. The third-order valence-electron chi connectivity index (χ3n) is 3.83. The highest BCUT2D eigenvalue weighted by Crippen LogP contribution is 2.13. The van der Waals surface area contributed by atoms with E-state index in [0.29, 0.717) is 13.2 Å². The van der Waals surface area contributed by atoms with Gasteiger partial charge in [-0.25, -0.2) is 4.99 Å². The molecule has 2 N–H and O–H groups in total. The molecule has 0 atom stereocenters. The van der Waals surface area contributed by atoms with Gasteiger partial charge in [0.15, 0.2) is 5.96 Å². The molecule has 0 bridgehead atoms. The molecule has 0 spiro atoms. The molecular weight excluding hydrogens is 463 g/mol. The van der Waals surface area contributed by atoms with Crippen molar-refractivity contribution in [3.63, 3.8) is 0 Å². The quantitative estimate of drug-likeness (QED) is 0.325. The van der Waals surface area contributed by atoms with Crippen molar-refractivity contribution in [2.45, 2.75) is 52.9 Å². The minimum atomic E-state index is -0.135. The van der Waals surface area contributed by atoms with Crippen molar-refractivity contribution in [3.8, 4) is 0 Å². The van der Waals surface area contributed by atoms with Gasteiger partial charge in [0.1, 0.15) is 0 Å². The average molecular weight is 496 g/mol. The topological polar surface area (TPSA) is 58.5 Å². The van der Waals surface area contributed by atoms with Crippen LogP contribution in [0.2, 0.25) is 0 Å². The predicted molar refractivity (Wildman–Crippen MR) is 127 cm³/mol. The summed E-state index contributed by atoms with van der Waals surface area (Å²) in [4.78, 5) is 9.05. The van der Waals surface area contributed by atoms with Crippen molar-refractivity contribution in [1.29, 1.82) is 0 Å². The molecule has 0 amide bonds. The number of nitrogens with one attached hydrogen (secondary N) is 2. The number of pyridine rings is 1. The van der Waals surface area contributed by atoms with Crippen LogP contribution in [0.3, 0.4) is 0 Å². The first-order valence-electron chi connectivity index (χ1n) is 9.60. The lowest BCUT2D eigenvalue weighted by atomic mass is 10.1. The number of aliphatic imine (C=N–C) groups is 1. The summed E-state index contributed by atoms with van der Waals surface area (Å²) in [5.74, 6) is 0.824. The zero-order valence-electron chi connectivity index (χ0n) is 17.4. The highest BCUT2D eigenvalue weighted by atomic mass is 127. The maximum Gasteiger partial charge on any atom is 0.191 e. The fourth-order valence-corrected chi connectivity index (χ4v) is 2.48. The molecule has 2 aromatic rings. The molecule has 0 radical (unpaired) electrons. The van der Waals surface area contributed by atoms with E-state index in [1.165, 1.54) is 11.1 Å². The van der Waals surface area contributed by atoms with Crippen LogP contribution >= 0.6 is 24.0 Å². The molecule has 0 saturated heterocycles. The normalized spacial score (nSPS) is 11.6. The van der Waals surface area contributed by atoms with Crippen molar-refractivity contribution < 1.29 is 4.74 Å². The molecule has 2 rings (SSSR count). The molecule has 0 saturated carbocycles. The minimum Gasteiger partial charge on any atom is -0.371 e. The zero-order chi connectivity index (χ0) is 19.5. The molecular formula is C22H33IN4O. The Bertz CT molecular complexity index is 714. The molecule has 0 unspecified atom stereocenters. The smallest absolute Gasteiger partial charge is 0.191 e. The molecule has 5 nitrogen and oxygen atoms in total. The van der Waals surface area contributed by atoms with Gasteiger partial charge in [-0.2, -0.15) is 0 Å². The van der Waals surface area contributed by atoms with Gasteiger partial charge in [-0.05, 0) is 51.0 Å². The highest BCUT2D eigenvalue weighted by molar-refractivity contribution is 14.0. The van der Waals surface area contributed by atoms with E-state index in [4.69, 9.17) is 9.73 Å². The number of halogens is 1. The van der Waals surface area contributed by atoms with E-state index in [9.17, 15) is 0 Å². The largest absolute Gasteiger partial charge is 0.371 e. The van der Waals surface area contributed by atoms with Gasteiger partial charge in [-0.1, -0.05) is 30.3 Å². The van der Waals surface area contributed by atoms with Gasteiger partial charge < -0.3 is 15.4 Å². The van der Waals surface area contributed by atoms with Crippen molar-refractivity contribution in [1.82, 2.24) is 15.6 Å². The molecule has 28 heavy (non-hydrogen) atoms. The number of ether oxygens (including phenoxy) is 1. The van der Waals surface area contributed by atoms with Crippen molar-refractivity contribution in [2.75, 3.05) is 13.1 Å². The molecule has 0 fully saturated rings. The van der Waals surface area contributed by atoms with Gasteiger partial charge in [0.2, 0.25) is 0 Å². The summed E-state index contributed by atoms with van der Waals surface area (Å²) < 4.78 is 5.86. The number of rotatable bonds is 8. The van der Waals surface area contributed by atoms with Gasteiger partial charge in [-0.15, -0.1) is 24.0 Å². The Balaban J connectivity index is 0.00000392. The summed E-state index contributed by atoms with van der Waals surface area (Å²) in [5, 5.41) is 6.67. The second-order valence-corrected chi connectivity index (χ2v) is 7.41. The summed E-state index contributed by atoms with van der Waals surface area (Å²) in [7, 11) is 0. The van der Waals surface area contributed by atoms with Crippen LogP contribution in [-0.4, -0.2) is 29.6 Å². The van der Waals surface area contributed by atoms with Crippen molar-refractivity contribution in [3.05, 3.63) is 65.5 Å². The van der Waals surface area contributed by atoms with Crippen LogP contribution in [0.1, 0.15) is 44.5 Å². The van der Waals surface area contributed by atoms with Gasteiger partial charge in [0.05, 0.1) is 18.8 Å². The van der Waals surface area contributed by atoms with E-state index >= 15 is 0 Å². The van der Waals surface area contributed by atoms with Crippen LogP contribution in [-0.2, 0) is 24.3 Å². The SMILES string of the molecule is CCNC(=NCc1cccc(COC(C)(C)C)c1)NCCc1ccccn1.I. The van der Waals surface area contributed by atoms with Crippen molar-refractivity contribution >= 4 is 29.9 Å². The second kappa shape index (κ2) is 12.7. The average Bonchev–Trinajstić information content (AvgIpc) is 2.65. The number of nitrogens with zero attached hydrogens (tertiary/aromatic N) is 2. The molecule has 154 valence electrons. The van der Waals surface area contributed by atoms with Crippen LogP contribution < -0.4 is 10.6 Å². The van der Waals surface area contributed by atoms with Gasteiger partial charge in [0.25, 0.3) is 0 Å². The first kappa shape index (κ1) is 24.4. The Hall–Kier alpha value is -1.67. The number of hydrogen-bond donors (Lipinski definition) is 2. The Morgan fingerprint density at radius 2 is 1.86 bits per heavy atom. The zero-order valence-corrected chi connectivity index (χ0v) is 19.7. The Kier molecular flexibility index (Phi) is 11.1. The van der Waals surface area contributed by atoms with E-state index in [1.54, 1.807) is 0 Å². The van der Waals surface area contributed by atoms with E-state index in [-0.39, 0.29) is 29.6 Å². The highest BCUT2D eigenvalue weighted by Gasteiger charge is 2.10. The predicted octanol–water partition coefficient (Wildman–Crippen LogP) is 4.31. The Morgan fingerprint density at radius 3 is 2.54 bits per heavy atom. The fourth-order valence-electron chi connectivity index (χ4n) is 2.48. The first-order chi connectivity index (χ1) is 13.0. The third-order valence-corrected chi connectivity index (χ3v) is 3.83. The molecule has 1 aromatic carbocycles. The van der Waals surface area contributed by atoms with Gasteiger partial charge >= 0.3 is 0 Å². The maximum atomic E-state index is 5.86. The van der Waals surface area contributed by atoms with E-state index in [2.05, 4.69) is 67.6 Å². The minimum absolute atomic E-state index is 0. The Labute approximate surface area is 186 Å². The maximum absolute atomic E-state index is 5.86. The fraction of sp³-hybridized carbons (Fsp3) is 0.455. The summed E-state index contributed by atoms with van der Waals surface area (Å²) in [5.41, 5.74) is 3.29. The summed E-state index contributed by atoms with van der Waals surface area (Å²) in [6, 6.07) is 14.4. The number of benzene rings is 1. The van der Waals surface area contributed by atoms with Crippen LogP contribution in [0.15, 0.2) is 53.7 Å². The van der Waals surface area contributed by atoms with Crippen molar-refractivity contribution in [2.24, 2.45) is 4.99 Å². The molecule has 0 aliphatic rings. The number of aromatic nitrogens is 1. The number of hydrogen-bond acceptors (Lipinski definition) is 3. The summed E-state index contributed by atoms with van der Waals surface area (Å²) in [6.45, 7) is 11.1. The van der Waals surface area contributed by atoms with Crippen LogP contribution in [0.25, 0.3) is 0 Å². The van der Waals surface area contributed by atoms with Crippen LogP contribution in [0.4, 0.5) is 0 Å². The molecule has 0 aliphatic carbocycles. The molecule has 6 heteroatoms. The molecule has 1 heterocycles. The summed E-state index contributed by atoms with van der Waals surface area (Å²) >= 11 is 0. The van der Waals surface area contributed by atoms with E-state index in [1.807, 2.05) is 24.4 Å². The monoisotopic (exact) mass is 496 g/mol. The second-order valence-electron chi connectivity index (χ2n) is 7.41. The lowest BCUT2D eigenvalue weighted by Crippen LogP contribution is -2.38. The molecule has 0 aliphatic heterocycles. The lowest BCUT2D eigenvalue weighted by Gasteiger charge is -2.19. The Morgan fingerprint density at radius 1 is 1.07 bits per heavy atom. The van der Waals surface area contributed by atoms with E-state index in [0.717, 1.165) is 31.2 Å². The number of guanidine groups is 1. The van der Waals surface area contributed by atoms with E-state index < -0.39 is 0 Å². The van der Waals surface area contributed by atoms with Crippen LogP contribution in [0.5, 0.6) is 0 Å². The standard InChI is InChI=1S/C22H32N4O.HI/c1-5-23-21(25-14-12-20-11-6-7-13-24-20)26-16-18-9-8-10-19(15-18)17-27-22(2,3)4;/h6-11,13,15H,5,12,14,16-17H2,1-4H3,(H2,23,25,26);1H. The summed E-state index contributed by atoms with van der Waals surface area (Å²) in [6.07, 6.45) is 2.69. The molecule has 1 aromatic heterocycles. The van der Waals surface area contributed by atoms with Gasteiger partial charge in [0, 0.05) is 31.4 Å². The van der Waals surface area contributed by atoms with Crippen LogP contribution in [0, 0.1) is 0 Å². The first-order valence-corrected chi connectivity index (χ1v) is 9.60.